The SMILES string of the molecule is c1c[nH]c(CNc2ccc(-c3csnn3)cc2)n1. The molecule has 0 fully saturated rings. The van der Waals surface area contributed by atoms with Crippen molar-refractivity contribution in [3.63, 3.8) is 0 Å². The molecular weight excluding hydrogens is 246 g/mol. The normalized spacial score (nSPS) is 10.4. The summed E-state index contributed by atoms with van der Waals surface area (Å²) in [6.45, 7) is 0.685. The number of H-pyrrole nitrogens is 1. The van der Waals surface area contributed by atoms with Gasteiger partial charge in [0, 0.05) is 29.0 Å². The monoisotopic (exact) mass is 257 g/mol. The molecule has 3 rings (SSSR count). The highest BCUT2D eigenvalue weighted by molar-refractivity contribution is 7.03. The van der Waals surface area contributed by atoms with E-state index in [0.29, 0.717) is 6.54 Å². The van der Waals surface area contributed by atoms with Crippen LogP contribution >= 0.6 is 11.5 Å². The van der Waals surface area contributed by atoms with Gasteiger partial charge in [0.25, 0.3) is 0 Å². The lowest BCUT2D eigenvalue weighted by atomic mass is 10.1. The number of nitrogens with one attached hydrogen (secondary N) is 2. The van der Waals surface area contributed by atoms with E-state index in [4.69, 9.17) is 0 Å². The number of rotatable bonds is 4. The molecule has 1 aromatic carbocycles. The van der Waals surface area contributed by atoms with E-state index in [0.717, 1.165) is 22.8 Å². The third-order valence-corrected chi connectivity index (χ3v) is 3.06. The number of benzene rings is 1. The van der Waals surface area contributed by atoms with Crippen molar-refractivity contribution in [2.75, 3.05) is 5.32 Å². The lowest BCUT2D eigenvalue weighted by molar-refractivity contribution is 1.00. The van der Waals surface area contributed by atoms with Crippen LogP contribution < -0.4 is 5.32 Å². The fourth-order valence-corrected chi connectivity index (χ4v) is 2.09. The van der Waals surface area contributed by atoms with E-state index >= 15 is 0 Å². The highest BCUT2D eigenvalue weighted by Crippen LogP contribution is 2.20. The summed E-state index contributed by atoms with van der Waals surface area (Å²) in [6, 6.07) is 8.11. The van der Waals surface area contributed by atoms with Gasteiger partial charge in [0.1, 0.15) is 11.5 Å². The maximum absolute atomic E-state index is 4.15. The largest absolute Gasteiger partial charge is 0.378 e. The number of aromatic amines is 1. The predicted octanol–water partition coefficient (Wildman–Crippen LogP) is 2.54. The second kappa shape index (κ2) is 4.97. The highest BCUT2D eigenvalue weighted by atomic mass is 32.1. The van der Waals surface area contributed by atoms with Crippen LogP contribution in [-0.4, -0.2) is 19.6 Å². The smallest absolute Gasteiger partial charge is 0.125 e. The second-order valence-electron chi connectivity index (χ2n) is 3.76. The summed E-state index contributed by atoms with van der Waals surface area (Å²) in [6.07, 6.45) is 3.56. The number of hydrogen-bond acceptors (Lipinski definition) is 5. The third kappa shape index (κ3) is 2.38. The van der Waals surface area contributed by atoms with Gasteiger partial charge in [-0.2, -0.15) is 0 Å². The van der Waals surface area contributed by atoms with Crippen LogP contribution in [0.2, 0.25) is 0 Å². The molecule has 2 heterocycles. The first-order valence-electron chi connectivity index (χ1n) is 5.51. The zero-order valence-electron chi connectivity index (χ0n) is 9.50. The maximum Gasteiger partial charge on any atom is 0.125 e. The van der Waals surface area contributed by atoms with Gasteiger partial charge in [-0.3, -0.25) is 0 Å². The summed E-state index contributed by atoms with van der Waals surface area (Å²) in [7, 11) is 0. The van der Waals surface area contributed by atoms with Crippen molar-refractivity contribution < 1.29 is 0 Å². The second-order valence-corrected chi connectivity index (χ2v) is 4.37. The Morgan fingerprint density at radius 2 is 2.11 bits per heavy atom. The van der Waals surface area contributed by atoms with E-state index in [9.17, 15) is 0 Å². The molecule has 90 valence electrons. The summed E-state index contributed by atoms with van der Waals surface area (Å²) >= 11 is 1.36. The van der Waals surface area contributed by atoms with Crippen LogP contribution in [0.4, 0.5) is 5.69 Å². The van der Waals surface area contributed by atoms with E-state index < -0.39 is 0 Å². The molecule has 0 unspecified atom stereocenters. The Balaban J connectivity index is 1.68. The standard InChI is InChI=1S/C12H11N5S/c1-3-10(15-7-12-13-5-6-14-12)4-2-9(1)11-8-18-17-16-11/h1-6,8,15H,7H2,(H,13,14). The first kappa shape index (κ1) is 10.9. The van der Waals surface area contributed by atoms with Crippen molar-refractivity contribution in [2.45, 2.75) is 6.54 Å². The molecule has 0 bridgehead atoms. The molecule has 0 amide bonds. The molecule has 0 aliphatic carbocycles. The molecule has 18 heavy (non-hydrogen) atoms. The zero-order chi connectivity index (χ0) is 12.2. The molecule has 5 nitrogen and oxygen atoms in total. The minimum atomic E-state index is 0.685. The van der Waals surface area contributed by atoms with Gasteiger partial charge in [-0.15, -0.1) is 5.10 Å². The molecule has 0 saturated heterocycles. The fourth-order valence-electron chi connectivity index (χ4n) is 1.63. The molecule has 0 saturated carbocycles. The van der Waals surface area contributed by atoms with Gasteiger partial charge in [0.05, 0.1) is 6.54 Å². The van der Waals surface area contributed by atoms with Gasteiger partial charge < -0.3 is 10.3 Å². The average molecular weight is 257 g/mol. The van der Waals surface area contributed by atoms with Gasteiger partial charge in [0.15, 0.2) is 0 Å². The zero-order valence-corrected chi connectivity index (χ0v) is 10.3. The van der Waals surface area contributed by atoms with Gasteiger partial charge in [-0.25, -0.2) is 4.98 Å². The van der Waals surface area contributed by atoms with Crippen LogP contribution in [0.1, 0.15) is 5.82 Å². The van der Waals surface area contributed by atoms with Crippen LogP contribution in [0.5, 0.6) is 0 Å². The lowest BCUT2D eigenvalue weighted by Crippen LogP contribution is -2.00. The molecule has 6 heteroatoms. The average Bonchev–Trinajstić information content (AvgIpc) is 3.10. The number of hydrogen-bond donors (Lipinski definition) is 2. The van der Waals surface area contributed by atoms with Gasteiger partial charge >= 0.3 is 0 Å². The predicted molar refractivity (Wildman–Crippen MR) is 71.3 cm³/mol. The van der Waals surface area contributed by atoms with Crippen molar-refractivity contribution in [2.24, 2.45) is 0 Å². The van der Waals surface area contributed by atoms with Crippen molar-refractivity contribution >= 4 is 17.2 Å². The van der Waals surface area contributed by atoms with Crippen molar-refractivity contribution in [1.29, 1.82) is 0 Å². The van der Waals surface area contributed by atoms with Crippen LogP contribution in [0, 0.1) is 0 Å². The highest BCUT2D eigenvalue weighted by Gasteiger charge is 2.01. The van der Waals surface area contributed by atoms with Crippen LogP contribution in [-0.2, 0) is 6.54 Å². The summed E-state index contributed by atoms with van der Waals surface area (Å²) < 4.78 is 3.85. The molecule has 2 aromatic heterocycles. The quantitative estimate of drug-likeness (QED) is 0.753. The van der Waals surface area contributed by atoms with E-state index in [1.807, 2.05) is 35.8 Å². The summed E-state index contributed by atoms with van der Waals surface area (Å²) in [5.74, 6) is 0.919. The molecule has 2 N–H and O–H groups in total. The van der Waals surface area contributed by atoms with Gasteiger partial charge in [0.2, 0.25) is 0 Å². The molecule has 3 aromatic rings. The van der Waals surface area contributed by atoms with Crippen LogP contribution in [0.25, 0.3) is 11.3 Å². The van der Waals surface area contributed by atoms with Gasteiger partial charge in [-0.1, -0.05) is 16.6 Å². The Kier molecular flexibility index (Phi) is 3.01. The number of aromatic nitrogens is 4. The first-order valence-corrected chi connectivity index (χ1v) is 6.35. The molecule has 0 aliphatic rings. The lowest BCUT2D eigenvalue weighted by Gasteiger charge is -2.04. The Morgan fingerprint density at radius 3 is 2.78 bits per heavy atom. The number of anilines is 1. The van der Waals surface area contributed by atoms with Crippen LogP contribution in [0.15, 0.2) is 42.0 Å². The molecule has 0 spiro atoms. The maximum atomic E-state index is 4.15. The van der Waals surface area contributed by atoms with Crippen LogP contribution in [0.3, 0.4) is 0 Å². The summed E-state index contributed by atoms with van der Waals surface area (Å²) in [4.78, 5) is 7.21. The van der Waals surface area contributed by atoms with Gasteiger partial charge in [-0.05, 0) is 23.7 Å². The number of imidazole rings is 1. The van der Waals surface area contributed by atoms with E-state index in [1.54, 1.807) is 6.20 Å². The molecule has 0 atom stereocenters. The number of nitrogens with zero attached hydrogens (tertiary/aromatic N) is 3. The van der Waals surface area contributed by atoms with E-state index in [2.05, 4.69) is 24.9 Å². The Bertz CT molecular complexity index is 586. The molecule has 0 aliphatic heterocycles. The summed E-state index contributed by atoms with van der Waals surface area (Å²) in [5.41, 5.74) is 3.04. The Labute approximate surface area is 108 Å². The molecular formula is C12H11N5S. The Morgan fingerprint density at radius 1 is 1.22 bits per heavy atom. The topological polar surface area (TPSA) is 66.5 Å². The minimum Gasteiger partial charge on any atom is -0.378 e. The first-order chi connectivity index (χ1) is 8.92. The van der Waals surface area contributed by atoms with Crippen molar-refractivity contribution in [1.82, 2.24) is 19.6 Å². The van der Waals surface area contributed by atoms with Crippen molar-refractivity contribution in [3.05, 3.63) is 47.9 Å². The third-order valence-electron chi connectivity index (χ3n) is 2.56. The minimum absolute atomic E-state index is 0.685. The fraction of sp³-hybridized carbons (Fsp3) is 0.0833. The van der Waals surface area contributed by atoms with E-state index in [-0.39, 0.29) is 0 Å². The Hall–Kier alpha value is -2.21. The summed E-state index contributed by atoms with van der Waals surface area (Å²) in [5, 5.41) is 9.26. The van der Waals surface area contributed by atoms with E-state index in [1.165, 1.54) is 11.5 Å². The van der Waals surface area contributed by atoms with Crippen molar-refractivity contribution in [3.8, 4) is 11.3 Å². The molecule has 0 radical (unpaired) electrons.